The fourth-order valence-corrected chi connectivity index (χ4v) is 2.43. The molecule has 0 spiro atoms. The maximum atomic E-state index is 8.72. The summed E-state index contributed by atoms with van der Waals surface area (Å²) in [7, 11) is 0. The van der Waals surface area contributed by atoms with E-state index in [2.05, 4.69) is 15.6 Å². The molecule has 0 atom stereocenters. The minimum absolute atomic E-state index is 0. The second-order valence-corrected chi connectivity index (χ2v) is 6.03. The Morgan fingerprint density at radius 3 is 2.39 bits per heavy atom. The summed E-state index contributed by atoms with van der Waals surface area (Å²) in [6, 6.07) is 9.57. The van der Waals surface area contributed by atoms with E-state index in [4.69, 9.17) is 26.2 Å². The molecule has 0 saturated carbocycles. The van der Waals surface area contributed by atoms with Crippen molar-refractivity contribution >= 4 is 36.4 Å². The number of nitrogens with zero attached hydrogens (tertiary/aromatic N) is 1. The average Bonchev–Trinajstić information content (AvgIpc) is 2.65. The number of pyridine rings is 1. The van der Waals surface area contributed by atoms with Gasteiger partial charge in [-0.05, 0) is 30.7 Å². The Morgan fingerprint density at radius 2 is 1.71 bits per heavy atom. The molecule has 0 fully saturated rings. The fraction of sp³-hybridized carbons (Fsp3) is 0.421. The molecule has 0 amide bonds. The minimum Gasteiger partial charge on any atom is -0.490 e. The third-order valence-electron chi connectivity index (χ3n) is 3.59. The summed E-state index contributed by atoms with van der Waals surface area (Å²) in [6.45, 7) is 6.07. The van der Waals surface area contributed by atoms with Crippen LogP contribution in [0, 0.1) is 0 Å². The molecular weight excluding hydrogens is 425 g/mol. The maximum Gasteiger partial charge on any atom is 0.161 e. The monoisotopic (exact) mass is 451 g/mol. The third kappa shape index (κ3) is 9.78. The number of aromatic nitrogens is 1. The van der Waals surface area contributed by atoms with Crippen molar-refractivity contribution in [3.63, 3.8) is 0 Å². The molecule has 0 radical (unpaired) electrons. The lowest BCUT2D eigenvalue weighted by Gasteiger charge is -2.14. The van der Waals surface area contributed by atoms with Gasteiger partial charge in [0.2, 0.25) is 0 Å². The molecule has 28 heavy (non-hydrogen) atoms. The Kier molecular flexibility index (Phi) is 14.9. The van der Waals surface area contributed by atoms with Crippen molar-refractivity contribution in [2.75, 3.05) is 32.8 Å². The summed E-state index contributed by atoms with van der Waals surface area (Å²) in [5.74, 6) is 1.43. The quantitative estimate of drug-likeness (QED) is 0.339. The molecule has 1 aromatic carbocycles. The zero-order valence-corrected chi connectivity index (χ0v) is 18.2. The third-order valence-corrected chi connectivity index (χ3v) is 3.81. The van der Waals surface area contributed by atoms with E-state index in [-0.39, 0.29) is 31.4 Å². The number of aliphatic hydroxyl groups excluding tert-OH is 1. The van der Waals surface area contributed by atoms with Gasteiger partial charge in [-0.25, -0.2) is 4.98 Å². The summed E-state index contributed by atoms with van der Waals surface area (Å²) in [5.41, 5.74) is 2.06. The van der Waals surface area contributed by atoms with Crippen molar-refractivity contribution in [1.29, 1.82) is 0 Å². The van der Waals surface area contributed by atoms with Gasteiger partial charge in [0.05, 0.1) is 13.2 Å². The van der Waals surface area contributed by atoms with Gasteiger partial charge < -0.3 is 25.2 Å². The van der Waals surface area contributed by atoms with Crippen molar-refractivity contribution in [1.82, 2.24) is 15.6 Å². The lowest BCUT2D eigenvalue weighted by molar-refractivity contribution is 0.269. The molecule has 1 aromatic heterocycles. The van der Waals surface area contributed by atoms with E-state index in [0.29, 0.717) is 30.7 Å². The molecule has 158 valence electrons. The standard InChI is InChI=1S/C19H26ClN3O3.2ClH/c1-2-25-18-11-15(12-22-8-7-21-9-10-24)3-5-17(18)26-14-16-4-6-19(20)23-13-16;;/h3-6,11,13,21-22,24H,2,7-10,12,14H2,1H3;2*1H. The highest BCUT2D eigenvalue weighted by molar-refractivity contribution is 6.29. The summed E-state index contributed by atoms with van der Waals surface area (Å²) in [6.07, 6.45) is 1.70. The SMILES string of the molecule is CCOc1cc(CNCCNCCO)ccc1OCc1ccc(Cl)nc1.Cl.Cl. The van der Waals surface area contributed by atoms with E-state index in [1.54, 1.807) is 12.3 Å². The van der Waals surface area contributed by atoms with Crippen molar-refractivity contribution < 1.29 is 14.6 Å². The highest BCUT2D eigenvalue weighted by atomic mass is 35.5. The molecule has 0 saturated heterocycles. The van der Waals surface area contributed by atoms with E-state index in [0.717, 1.165) is 36.5 Å². The van der Waals surface area contributed by atoms with Gasteiger partial charge in [0.25, 0.3) is 0 Å². The van der Waals surface area contributed by atoms with Crippen LogP contribution in [0.25, 0.3) is 0 Å². The second kappa shape index (κ2) is 15.6. The van der Waals surface area contributed by atoms with Crippen LogP contribution >= 0.6 is 36.4 Å². The Balaban J connectivity index is 0.00000364. The van der Waals surface area contributed by atoms with E-state index >= 15 is 0 Å². The van der Waals surface area contributed by atoms with Crippen LogP contribution in [0.1, 0.15) is 18.1 Å². The van der Waals surface area contributed by atoms with Gasteiger partial charge >= 0.3 is 0 Å². The molecule has 1 heterocycles. The van der Waals surface area contributed by atoms with Crippen LogP contribution in [-0.2, 0) is 13.2 Å². The largest absolute Gasteiger partial charge is 0.490 e. The van der Waals surface area contributed by atoms with E-state index in [1.807, 2.05) is 31.2 Å². The molecular formula is C19H28Cl3N3O3. The van der Waals surface area contributed by atoms with Crippen LogP contribution in [0.3, 0.4) is 0 Å². The topological polar surface area (TPSA) is 75.6 Å². The van der Waals surface area contributed by atoms with Gasteiger partial charge in [-0.1, -0.05) is 23.7 Å². The highest BCUT2D eigenvalue weighted by Gasteiger charge is 2.07. The number of nitrogens with one attached hydrogen (secondary N) is 2. The van der Waals surface area contributed by atoms with E-state index in [9.17, 15) is 0 Å². The Morgan fingerprint density at radius 1 is 0.964 bits per heavy atom. The molecule has 9 heteroatoms. The molecule has 2 aromatic rings. The van der Waals surface area contributed by atoms with Crippen LogP contribution in [-0.4, -0.2) is 42.9 Å². The highest BCUT2D eigenvalue weighted by Crippen LogP contribution is 2.29. The predicted molar refractivity (Wildman–Crippen MR) is 117 cm³/mol. The van der Waals surface area contributed by atoms with Gasteiger partial charge in [0.15, 0.2) is 11.5 Å². The summed E-state index contributed by atoms with van der Waals surface area (Å²) >= 11 is 5.80. The zero-order valence-electron chi connectivity index (χ0n) is 15.8. The van der Waals surface area contributed by atoms with E-state index < -0.39 is 0 Å². The minimum atomic E-state index is 0. The number of benzene rings is 1. The van der Waals surface area contributed by atoms with Gasteiger partial charge in [-0.2, -0.15) is 0 Å². The Labute approximate surface area is 183 Å². The van der Waals surface area contributed by atoms with Crippen molar-refractivity contribution in [3.8, 4) is 11.5 Å². The lowest BCUT2D eigenvalue weighted by Crippen LogP contribution is -2.28. The fourth-order valence-electron chi connectivity index (χ4n) is 2.32. The Hall–Kier alpha value is -1.28. The summed E-state index contributed by atoms with van der Waals surface area (Å²) in [5, 5.41) is 15.7. The first-order chi connectivity index (χ1) is 12.7. The van der Waals surface area contributed by atoms with Gasteiger partial charge in [0.1, 0.15) is 11.8 Å². The molecule has 0 aliphatic heterocycles. The number of hydrogen-bond acceptors (Lipinski definition) is 6. The predicted octanol–water partition coefficient (Wildman–Crippen LogP) is 3.23. The Bertz CT molecular complexity index is 661. The normalized spacial score (nSPS) is 9.96. The van der Waals surface area contributed by atoms with Crippen molar-refractivity contribution in [2.45, 2.75) is 20.1 Å². The molecule has 2 rings (SSSR count). The van der Waals surface area contributed by atoms with Gasteiger partial charge in [-0.3, -0.25) is 0 Å². The molecule has 0 aliphatic rings. The molecule has 0 bridgehead atoms. The molecule has 0 aliphatic carbocycles. The number of aliphatic hydroxyl groups is 1. The number of rotatable bonds is 12. The van der Waals surface area contributed by atoms with Gasteiger partial charge in [0, 0.05) is 37.9 Å². The number of halogens is 3. The first kappa shape index (κ1) is 26.7. The van der Waals surface area contributed by atoms with Gasteiger partial charge in [-0.15, -0.1) is 24.8 Å². The van der Waals surface area contributed by atoms with E-state index in [1.165, 1.54) is 0 Å². The van der Waals surface area contributed by atoms with Crippen LogP contribution < -0.4 is 20.1 Å². The van der Waals surface area contributed by atoms with Crippen LogP contribution in [0.15, 0.2) is 36.5 Å². The summed E-state index contributed by atoms with van der Waals surface area (Å²) in [4.78, 5) is 4.05. The van der Waals surface area contributed by atoms with Crippen molar-refractivity contribution in [2.24, 2.45) is 0 Å². The van der Waals surface area contributed by atoms with Crippen LogP contribution in [0.2, 0.25) is 5.15 Å². The molecule has 3 N–H and O–H groups in total. The molecule has 0 unspecified atom stereocenters. The smallest absolute Gasteiger partial charge is 0.161 e. The molecule has 6 nitrogen and oxygen atoms in total. The zero-order chi connectivity index (χ0) is 18.6. The first-order valence-corrected chi connectivity index (χ1v) is 9.12. The lowest BCUT2D eigenvalue weighted by atomic mass is 10.2. The average molecular weight is 453 g/mol. The number of ether oxygens (including phenoxy) is 2. The van der Waals surface area contributed by atoms with Crippen LogP contribution in [0.4, 0.5) is 0 Å². The number of hydrogen-bond donors (Lipinski definition) is 3. The first-order valence-electron chi connectivity index (χ1n) is 8.74. The van der Waals surface area contributed by atoms with Crippen molar-refractivity contribution in [3.05, 3.63) is 52.8 Å². The summed E-state index contributed by atoms with van der Waals surface area (Å²) < 4.78 is 11.6. The second-order valence-electron chi connectivity index (χ2n) is 5.64. The maximum absolute atomic E-state index is 8.72. The van der Waals surface area contributed by atoms with Crippen LogP contribution in [0.5, 0.6) is 11.5 Å².